The molecule has 2 heteroatoms. The van der Waals surface area contributed by atoms with E-state index in [1.807, 2.05) is 0 Å². The molecule has 29 heavy (non-hydrogen) atoms. The lowest BCUT2D eigenvalue weighted by Gasteiger charge is -2.16. The van der Waals surface area contributed by atoms with Crippen LogP contribution in [-0.2, 0) is 0 Å². The van der Waals surface area contributed by atoms with Gasteiger partial charge in [0.05, 0.1) is 5.56 Å². The molecule has 0 aliphatic heterocycles. The maximum Gasteiger partial charge on any atom is 0.335 e. The molecule has 0 heterocycles. The highest BCUT2D eigenvalue weighted by Crippen LogP contribution is 2.20. The molecule has 0 bridgehead atoms. The van der Waals surface area contributed by atoms with Crippen molar-refractivity contribution >= 4 is 17.6 Å². The van der Waals surface area contributed by atoms with E-state index in [2.05, 4.69) is 68.2 Å². The molecular weight excluding hydrogens is 356 g/mol. The summed E-state index contributed by atoms with van der Waals surface area (Å²) in [6, 6.07) is 19.5. The number of aromatic carboxylic acids is 1. The van der Waals surface area contributed by atoms with E-state index in [-0.39, 0.29) is 5.56 Å². The Kier molecular flexibility index (Phi) is 5.06. The fraction of sp³-hybridized carbons (Fsp3) is 0.148. The topological polar surface area (TPSA) is 37.3 Å². The first-order valence-corrected chi connectivity index (χ1v) is 9.79. The molecular formula is C27H22O2. The van der Waals surface area contributed by atoms with Gasteiger partial charge < -0.3 is 5.11 Å². The Morgan fingerprint density at radius 1 is 0.966 bits per heavy atom. The van der Waals surface area contributed by atoms with Crippen molar-refractivity contribution in [2.45, 2.75) is 26.7 Å². The normalized spacial score (nSPS) is 12.4. The molecule has 0 radical (unpaired) electrons. The van der Waals surface area contributed by atoms with Crippen LogP contribution >= 0.6 is 0 Å². The van der Waals surface area contributed by atoms with E-state index >= 15 is 0 Å². The summed E-state index contributed by atoms with van der Waals surface area (Å²) in [4.78, 5) is 11.0. The van der Waals surface area contributed by atoms with Gasteiger partial charge in [0, 0.05) is 11.1 Å². The van der Waals surface area contributed by atoms with E-state index in [0.717, 1.165) is 24.0 Å². The zero-order valence-electron chi connectivity index (χ0n) is 16.6. The SMILES string of the molecule is Cc1cc2c(c(C)c1C#Cc1ccc(C(=O)O)cc1)=C(c1ccccc1)CCC=2. The second kappa shape index (κ2) is 7.81. The third kappa shape index (κ3) is 3.73. The monoisotopic (exact) mass is 378 g/mol. The molecule has 0 amide bonds. The number of aryl methyl sites for hydroxylation is 1. The summed E-state index contributed by atoms with van der Waals surface area (Å²) >= 11 is 0. The fourth-order valence-electron chi connectivity index (χ4n) is 4.02. The van der Waals surface area contributed by atoms with Crippen LogP contribution in [-0.4, -0.2) is 11.1 Å². The van der Waals surface area contributed by atoms with Crippen molar-refractivity contribution in [2.24, 2.45) is 0 Å². The number of hydrogen-bond acceptors (Lipinski definition) is 1. The average Bonchev–Trinajstić information content (AvgIpc) is 2.74. The van der Waals surface area contributed by atoms with Gasteiger partial charge in [-0.1, -0.05) is 54.3 Å². The fourth-order valence-corrected chi connectivity index (χ4v) is 4.02. The minimum atomic E-state index is -0.925. The molecule has 0 atom stereocenters. The highest BCUT2D eigenvalue weighted by Gasteiger charge is 2.12. The molecule has 142 valence electrons. The van der Waals surface area contributed by atoms with Crippen molar-refractivity contribution in [3.63, 3.8) is 0 Å². The number of carboxylic acid groups (broad SMARTS) is 1. The van der Waals surface area contributed by atoms with Crippen LogP contribution in [0.2, 0.25) is 0 Å². The molecule has 3 aromatic carbocycles. The quantitative estimate of drug-likeness (QED) is 0.680. The van der Waals surface area contributed by atoms with E-state index in [1.165, 1.54) is 32.7 Å². The average molecular weight is 378 g/mol. The molecule has 0 aromatic heterocycles. The summed E-state index contributed by atoms with van der Waals surface area (Å²) in [6.07, 6.45) is 4.41. The van der Waals surface area contributed by atoms with Crippen LogP contribution in [0.3, 0.4) is 0 Å². The Morgan fingerprint density at radius 2 is 1.69 bits per heavy atom. The first kappa shape index (κ1) is 18.8. The van der Waals surface area contributed by atoms with Crippen molar-refractivity contribution in [1.82, 2.24) is 0 Å². The van der Waals surface area contributed by atoms with Crippen molar-refractivity contribution in [2.75, 3.05) is 0 Å². The van der Waals surface area contributed by atoms with Crippen molar-refractivity contribution < 1.29 is 9.90 Å². The second-order valence-electron chi connectivity index (χ2n) is 7.38. The third-order valence-corrected chi connectivity index (χ3v) is 5.45. The Balaban J connectivity index is 1.87. The number of carboxylic acids is 1. The molecule has 3 aromatic rings. The summed E-state index contributed by atoms with van der Waals surface area (Å²) in [6.45, 7) is 4.26. The molecule has 0 saturated carbocycles. The van der Waals surface area contributed by atoms with Crippen LogP contribution in [0.15, 0.2) is 60.7 Å². The van der Waals surface area contributed by atoms with Gasteiger partial charge in [0.1, 0.15) is 0 Å². The van der Waals surface area contributed by atoms with Gasteiger partial charge in [-0.25, -0.2) is 4.79 Å². The maximum atomic E-state index is 11.0. The molecule has 1 aliphatic carbocycles. The Hall–Kier alpha value is -3.57. The standard InChI is InChI=1S/C27H22O2/c1-18-17-23-9-6-10-25(21-7-4-3-5-8-21)26(23)19(2)24(18)16-13-20-11-14-22(15-12-20)27(28)29/h3-5,7-9,11-12,14-15,17H,6,10H2,1-2H3,(H,28,29). The largest absolute Gasteiger partial charge is 0.478 e. The molecule has 0 saturated heterocycles. The Labute approximate surface area is 170 Å². The van der Waals surface area contributed by atoms with Gasteiger partial charge >= 0.3 is 5.97 Å². The molecule has 0 spiro atoms. The lowest BCUT2D eigenvalue weighted by atomic mass is 9.88. The number of benzene rings is 3. The minimum Gasteiger partial charge on any atom is -0.478 e. The van der Waals surface area contributed by atoms with E-state index in [4.69, 9.17) is 5.11 Å². The van der Waals surface area contributed by atoms with Gasteiger partial charge in [0.2, 0.25) is 0 Å². The van der Waals surface area contributed by atoms with Crippen molar-refractivity contribution in [1.29, 1.82) is 0 Å². The summed E-state index contributed by atoms with van der Waals surface area (Å²) in [7, 11) is 0. The van der Waals surface area contributed by atoms with E-state index in [9.17, 15) is 4.79 Å². The van der Waals surface area contributed by atoms with Crippen LogP contribution in [0, 0.1) is 25.7 Å². The number of carbonyl (C=O) groups is 1. The Bertz CT molecular complexity index is 1270. The van der Waals surface area contributed by atoms with Crippen LogP contribution < -0.4 is 10.4 Å². The van der Waals surface area contributed by atoms with Gasteiger partial charge in [0.25, 0.3) is 0 Å². The number of rotatable bonds is 2. The van der Waals surface area contributed by atoms with Crippen LogP contribution in [0.25, 0.3) is 11.6 Å². The molecule has 1 N–H and O–H groups in total. The van der Waals surface area contributed by atoms with E-state index in [1.54, 1.807) is 24.3 Å². The highest BCUT2D eigenvalue weighted by molar-refractivity contribution is 5.87. The predicted octanol–water partition coefficient (Wildman–Crippen LogP) is 4.17. The lowest BCUT2D eigenvalue weighted by Crippen LogP contribution is -2.34. The van der Waals surface area contributed by atoms with Crippen molar-refractivity contribution in [3.05, 3.63) is 104 Å². The summed E-state index contributed by atoms with van der Waals surface area (Å²) < 4.78 is 0. The summed E-state index contributed by atoms with van der Waals surface area (Å²) in [5.74, 6) is 5.63. The van der Waals surface area contributed by atoms with Gasteiger partial charge in [0.15, 0.2) is 0 Å². The van der Waals surface area contributed by atoms with Crippen LogP contribution in [0.1, 0.15) is 51.0 Å². The number of hydrogen-bond donors (Lipinski definition) is 1. The van der Waals surface area contributed by atoms with Crippen LogP contribution in [0.5, 0.6) is 0 Å². The molecule has 0 unspecified atom stereocenters. The first-order chi connectivity index (χ1) is 14.0. The lowest BCUT2D eigenvalue weighted by molar-refractivity contribution is 0.0697. The Morgan fingerprint density at radius 3 is 2.38 bits per heavy atom. The maximum absolute atomic E-state index is 11.0. The van der Waals surface area contributed by atoms with Gasteiger partial charge in [-0.2, -0.15) is 0 Å². The highest BCUT2D eigenvalue weighted by atomic mass is 16.4. The molecule has 2 nitrogen and oxygen atoms in total. The molecule has 4 rings (SSSR count). The predicted molar refractivity (Wildman–Crippen MR) is 117 cm³/mol. The second-order valence-corrected chi connectivity index (χ2v) is 7.38. The minimum absolute atomic E-state index is 0.273. The van der Waals surface area contributed by atoms with Gasteiger partial charge in [-0.3, -0.25) is 0 Å². The molecule has 1 aliphatic rings. The van der Waals surface area contributed by atoms with Crippen molar-refractivity contribution in [3.8, 4) is 11.8 Å². The zero-order chi connectivity index (χ0) is 20.4. The van der Waals surface area contributed by atoms with E-state index in [0.29, 0.717) is 0 Å². The third-order valence-electron chi connectivity index (χ3n) is 5.45. The molecule has 0 fully saturated rings. The smallest absolute Gasteiger partial charge is 0.335 e. The van der Waals surface area contributed by atoms with Gasteiger partial charge in [-0.15, -0.1) is 0 Å². The first-order valence-electron chi connectivity index (χ1n) is 9.79. The number of fused-ring (bicyclic) bond motifs is 1. The van der Waals surface area contributed by atoms with E-state index < -0.39 is 5.97 Å². The summed E-state index contributed by atoms with van der Waals surface area (Å²) in [5, 5.41) is 11.6. The zero-order valence-corrected chi connectivity index (χ0v) is 16.6. The van der Waals surface area contributed by atoms with Crippen LogP contribution in [0.4, 0.5) is 0 Å². The van der Waals surface area contributed by atoms with Gasteiger partial charge in [-0.05, 0) is 83.7 Å². The summed E-state index contributed by atoms with van der Waals surface area (Å²) in [5.41, 5.74) is 7.17.